The van der Waals surface area contributed by atoms with Gasteiger partial charge >= 0.3 is 0 Å². The second-order valence-corrected chi connectivity index (χ2v) is 4.92. The van der Waals surface area contributed by atoms with E-state index in [-0.39, 0.29) is 0 Å². The lowest BCUT2D eigenvalue weighted by molar-refractivity contribution is 1.17. The van der Waals surface area contributed by atoms with Gasteiger partial charge in [-0.15, -0.1) is 11.3 Å². The Balaban J connectivity index is 2.11. The quantitative estimate of drug-likeness (QED) is 0.794. The van der Waals surface area contributed by atoms with Gasteiger partial charge in [-0.3, -0.25) is 0 Å². The average Bonchev–Trinajstić information content (AvgIpc) is 2.67. The van der Waals surface area contributed by atoms with Crippen LogP contribution in [-0.2, 0) is 6.54 Å². The standard InChI is InChI=1S/C13H16N2S/c1-9-6-7-16-12(9)8-15-11-5-3-4-10(2)13(11)14/h3-7,15H,8,14H2,1-2H3. The van der Waals surface area contributed by atoms with Gasteiger partial charge in [0.25, 0.3) is 0 Å². The Bertz CT molecular complexity index is 488. The van der Waals surface area contributed by atoms with Crippen LogP contribution in [0.5, 0.6) is 0 Å². The van der Waals surface area contributed by atoms with Crippen molar-refractivity contribution in [3.05, 3.63) is 45.6 Å². The van der Waals surface area contributed by atoms with Crippen molar-refractivity contribution in [3.63, 3.8) is 0 Å². The highest BCUT2D eigenvalue weighted by atomic mass is 32.1. The third-order valence-corrected chi connectivity index (χ3v) is 3.75. The first-order valence-electron chi connectivity index (χ1n) is 5.30. The molecule has 2 aromatic rings. The zero-order valence-corrected chi connectivity index (χ0v) is 10.4. The fourth-order valence-corrected chi connectivity index (χ4v) is 2.44. The summed E-state index contributed by atoms with van der Waals surface area (Å²) in [5.74, 6) is 0. The molecule has 0 amide bonds. The van der Waals surface area contributed by atoms with Crippen LogP contribution in [0.15, 0.2) is 29.6 Å². The molecule has 84 valence electrons. The summed E-state index contributed by atoms with van der Waals surface area (Å²) in [6.07, 6.45) is 0. The van der Waals surface area contributed by atoms with Crippen molar-refractivity contribution in [2.75, 3.05) is 11.1 Å². The zero-order valence-electron chi connectivity index (χ0n) is 9.58. The van der Waals surface area contributed by atoms with E-state index < -0.39 is 0 Å². The highest BCUT2D eigenvalue weighted by Crippen LogP contribution is 2.24. The summed E-state index contributed by atoms with van der Waals surface area (Å²) in [7, 11) is 0. The van der Waals surface area contributed by atoms with Gasteiger partial charge in [0.05, 0.1) is 11.4 Å². The largest absolute Gasteiger partial charge is 0.397 e. The maximum Gasteiger partial charge on any atom is 0.0579 e. The Kier molecular flexibility index (Phi) is 3.15. The summed E-state index contributed by atoms with van der Waals surface area (Å²) in [6, 6.07) is 8.21. The molecule has 0 aliphatic carbocycles. The van der Waals surface area contributed by atoms with Crippen molar-refractivity contribution in [1.82, 2.24) is 0 Å². The zero-order chi connectivity index (χ0) is 11.5. The van der Waals surface area contributed by atoms with Gasteiger partial charge in [0, 0.05) is 11.4 Å². The smallest absolute Gasteiger partial charge is 0.0579 e. The van der Waals surface area contributed by atoms with E-state index in [1.807, 2.05) is 25.1 Å². The molecular weight excluding hydrogens is 216 g/mol. The van der Waals surface area contributed by atoms with Crippen LogP contribution in [0.25, 0.3) is 0 Å². The Morgan fingerprint density at radius 1 is 1.19 bits per heavy atom. The summed E-state index contributed by atoms with van der Waals surface area (Å²) in [6.45, 7) is 5.00. The maximum atomic E-state index is 6.00. The first-order valence-corrected chi connectivity index (χ1v) is 6.18. The second-order valence-electron chi connectivity index (χ2n) is 3.92. The Morgan fingerprint density at radius 3 is 2.69 bits per heavy atom. The molecule has 1 aromatic carbocycles. The van der Waals surface area contributed by atoms with E-state index in [2.05, 4.69) is 23.7 Å². The molecule has 1 heterocycles. The highest BCUT2D eigenvalue weighted by Gasteiger charge is 2.03. The summed E-state index contributed by atoms with van der Waals surface area (Å²) < 4.78 is 0. The molecule has 2 nitrogen and oxygen atoms in total. The number of para-hydroxylation sites is 1. The van der Waals surface area contributed by atoms with E-state index in [9.17, 15) is 0 Å². The molecule has 0 saturated heterocycles. The predicted molar refractivity (Wildman–Crippen MR) is 72.0 cm³/mol. The molecule has 3 heteroatoms. The Labute approximate surface area is 100 Å². The lowest BCUT2D eigenvalue weighted by atomic mass is 10.1. The fourth-order valence-electron chi connectivity index (χ4n) is 1.60. The minimum absolute atomic E-state index is 0.844. The van der Waals surface area contributed by atoms with E-state index in [0.717, 1.165) is 23.5 Å². The van der Waals surface area contributed by atoms with Gasteiger partial charge in [0.2, 0.25) is 0 Å². The van der Waals surface area contributed by atoms with Crippen LogP contribution in [0.4, 0.5) is 11.4 Å². The molecule has 0 bridgehead atoms. The Hall–Kier alpha value is -1.48. The molecule has 0 atom stereocenters. The molecule has 1 aromatic heterocycles. The van der Waals surface area contributed by atoms with E-state index in [0.29, 0.717) is 0 Å². The third kappa shape index (κ3) is 2.19. The molecule has 0 aliphatic rings. The van der Waals surface area contributed by atoms with Crippen LogP contribution in [0.1, 0.15) is 16.0 Å². The molecule has 0 saturated carbocycles. The van der Waals surface area contributed by atoms with E-state index in [1.54, 1.807) is 11.3 Å². The van der Waals surface area contributed by atoms with Crippen molar-refractivity contribution in [1.29, 1.82) is 0 Å². The first kappa shape index (κ1) is 11.0. The van der Waals surface area contributed by atoms with Gasteiger partial charge in [-0.05, 0) is 42.5 Å². The lowest BCUT2D eigenvalue weighted by Gasteiger charge is -2.10. The van der Waals surface area contributed by atoms with Crippen LogP contribution >= 0.6 is 11.3 Å². The van der Waals surface area contributed by atoms with Crippen LogP contribution in [0.2, 0.25) is 0 Å². The second kappa shape index (κ2) is 4.58. The number of benzene rings is 1. The van der Waals surface area contributed by atoms with Crippen molar-refractivity contribution >= 4 is 22.7 Å². The molecule has 16 heavy (non-hydrogen) atoms. The predicted octanol–water partition coefficient (Wildman–Crippen LogP) is 3.56. The number of rotatable bonds is 3. The molecule has 0 radical (unpaired) electrons. The lowest BCUT2D eigenvalue weighted by Crippen LogP contribution is -2.03. The molecule has 0 fully saturated rings. The Morgan fingerprint density at radius 2 is 2.00 bits per heavy atom. The van der Waals surface area contributed by atoms with Crippen LogP contribution in [0, 0.1) is 13.8 Å². The number of thiophene rings is 1. The molecular formula is C13H16N2S. The minimum Gasteiger partial charge on any atom is -0.397 e. The third-order valence-electron chi connectivity index (χ3n) is 2.73. The van der Waals surface area contributed by atoms with Gasteiger partial charge in [-0.2, -0.15) is 0 Å². The molecule has 0 unspecified atom stereocenters. The number of hydrogen-bond acceptors (Lipinski definition) is 3. The van der Waals surface area contributed by atoms with Crippen LogP contribution < -0.4 is 11.1 Å². The topological polar surface area (TPSA) is 38.0 Å². The van der Waals surface area contributed by atoms with Crippen LogP contribution in [0.3, 0.4) is 0 Å². The number of aryl methyl sites for hydroxylation is 2. The number of anilines is 2. The fraction of sp³-hybridized carbons (Fsp3) is 0.231. The first-order chi connectivity index (χ1) is 7.68. The maximum absolute atomic E-state index is 6.00. The summed E-state index contributed by atoms with van der Waals surface area (Å²) in [4.78, 5) is 1.36. The van der Waals surface area contributed by atoms with Crippen LogP contribution in [-0.4, -0.2) is 0 Å². The van der Waals surface area contributed by atoms with Gasteiger partial charge < -0.3 is 11.1 Å². The molecule has 3 N–H and O–H groups in total. The monoisotopic (exact) mass is 232 g/mol. The minimum atomic E-state index is 0.844. The summed E-state index contributed by atoms with van der Waals surface area (Å²) >= 11 is 1.78. The van der Waals surface area contributed by atoms with Gasteiger partial charge in [0.15, 0.2) is 0 Å². The number of nitrogens with two attached hydrogens (primary N) is 1. The number of nitrogen functional groups attached to an aromatic ring is 1. The highest BCUT2D eigenvalue weighted by molar-refractivity contribution is 7.10. The number of hydrogen-bond donors (Lipinski definition) is 2. The van der Waals surface area contributed by atoms with E-state index >= 15 is 0 Å². The summed E-state index contributed by atoms with van der Waals surface area (Å²) in [5.41, 5.74) is 10.3. The number of nitrogens with one attached hydrogen (secondary N) is 1. The van der Waals surface area contributed by atoms with Crippen molar-refractivity contribution in [3.8, 4) is 0 Å². The SMILES string of the molecule is Cc1ccsc1CNc1cccc(C)c1N. The normalized spacial score (nSPS) is 10.4. The molecule has 0 spiro atoms. The van der Waals surface area contributed by atoms with Crippen molar-refractivity contribution in [2.24, 2.45) is 0 Å². The van der Waals surface area contributed by atoms with E-state index in [1.165, 1.54) is 10.4 Å². The molecule has 2 rings (SSSR count). The van der Waals surface area contributed by atoms with E-state index in [4.69, 9.17) is 5.73 Å². The van der Waals surface area contributed by atoms with Gasteiger partial charge in [-0.1, -0.05) is 12.1 Å². The average molecular weight is 232 g/mol. The molecule has 0 aliphatic heterocycles. The van der Waals surface area contributed by atoms with Gasteiger partial charge in [0.1, 0.15) is 0 Å². The van der Waals surface area contributed by atoms with Crippen molar-refractivity contribution in [2.45, 2.75) is 20.4 Å². The summed E-state index contributed by atoms with van der Waals surface area (Å²) in [5, 5.41) is 5.50. The van der Waals surface area contributed by atoms with Crippen molar-refractivity contribution < 1.29 is 0 Å². The van der Waals surface area contributed by atoms with Gasteiger partial charge in [-0.25, -0.2) is 0 Å².